The van der Waals surface area contributed by atoms with Crippen LogP contribution in [0, 0.1) is 0 Å². The van der Waals surface area contributed by atoms with Crippen molar-refractivity contribution in [1.29, 1.82) is 0 Å². The zero-order chi connectivity index (χ0) is 9.10. The van der Waals surface area contributed by atoms with Gasteiger partial charge in [-0.2, -0.15) is 0 Å². The summed E-state index contributed by atoms with van der Waals surface area (Å²) in [6, 6.07) is 3.90. The Morgan fingerprint density at radius 3 is 2.85 bits per heavy atom. The molecule has 0 saturated carbocycles. The fraction of sp³-hybridized carbons (Fsp3) is 0.333. The average Bonchev–Trinajstić information content (AvgIpc) is 2.67. The summed E-state index contributed by atoms with van der Waals surface area (Å²) in [5.74, 6) is 0.991. The van der Waals surface area contributed by atoms with E-state index in [1.54, 1.807) is 12.4 Å². The van der Waals surface area contributed by atoms with Crippen molar-refractivity contribution in [3.05, 3.63) is 30.1 Å². The van der Waals surface area contributed by atoms with E-state index < -0.39 is 0 Å². The van der Waals surface area contributed by atoms with Crippen LogP contribution in [0.3, 0.4) is 0 Å². The lowest BCUT2D eigenvalue weighted by Crippen LogP contribution is -2.33. The number of rotatable bonds is 2. The van der Waals surface area contributed by atoms with Crippen molar-refractivity contribution < 1.29 is 0 Å². The number of aliphatic imine (C=N–C) groups is 1. The Balaban J connectivity index is 2.26. The molecule has 4 nitrogen and oxygen atoms in total. The number of nitrogens with two attached hydrogens (primary N) is 1. The van der Waals surface area contributed by atoms with Crippen LogP contribution in [-0.2, 0) is 0 Å². The summed E-state index contributed by atoms with van der Waals surface area (Å²) in [6.45, 7) is 2.30. The van der Waals surface area contributed by atoms with Gasteiger partial charge in [-0.3, -0.25) is 9.98 Å². The standard InChI is InChI=1S/C9H12N4/c10-7-13-6-5-12-9(13)8-1-3-11-4-2-8/h1-4H,5-7,10H2. The number of aromatic nitrogens is 1. The summed E-state index contributed by atoms with van der Waals surface area (Å²) in [6.07, 6.45) is 3.54. The Morgan fingerprint density at radius 1 is 1.38 bits per heavy atom. The van der Waals surface area contributed by atoms with Crippen LogP contribution in [0.5, 0.6) is 0 Å². The minimum Gasteiger partial charge on any atom is -0.342 e. The second-order valence-electron chi connectivity index (χ2n) is 2.89. The predicted octanol–water partition coefficient (Wildman–Crippen LogP) is 0.0600. The third-order valence-corrected chi connectivity index (χ3v) is 2.09. The number of pyridine rings is 1. The van der Waals surface area contributed by atoms with Crippen LogP contribution in [0.1, 0.15) is 5.56 Å². The molecule has 2 heterocycles. The van der Waals surface area contributed by atoms with Crippen molar-refractivity contribution in [3.63, 3.8) is 0 Å². The smallest absolute Gasteiger partial charge is 0.132 e. The molecule has 0 atom stereocenters. The Kier molecular flexibility index (Phi) is 2.23. The number of hydrogen-bond donors (Lipinski definition) is 1. The van der Waals surface area contributed by atoms with Gasteiger partial charge in [0.15, 0.2) is 0 Å². The van der Waals surface area contributed by atoms with Gasteiger partial charge in [-0.15, -0.1) is 0 Å². The third kappa shape index (κ3) is 1.53. The van der Waals surface area contributed by atoms with Crippen LogP contribution in [0.4, 0.5) is 0 Å². The molecule has 1 aliphatic heterocycles. The number of nitrogens with zero attached hydrogens (tertiary/aromatic N) is 3. The second-order valence-corrected chi connectivity index (χ2v) is 2.89. The molecule has 0 saturated heterocycles. The minimum absolute atomic E-state index is 0.529. The van der Waals surface area contributed by atoms with Crippen molar-refractivity contribution in [2.75, 3.05) is 19.8 Å². The fourth-order valence-electron chi connectivity index (χ4n) is 1.44. The van der Waals surface area contributed by atoms with Crippen molar-refractivity contribution in [1.82, 2.24) is 9.88 Å². The van der Waals surface area contributed by atoms with Gasteiger partial charge >= 0.3 is 0 Å². The first kappa shape index (κ1) is 8.19. The maximum absolute atomic E-state index is 5.59. The third-order valence-electron chi connectivity index (χ3n) is 2.09. The molecule has 4 heteroatoms. The quantitative estimate of drug-likeness (QED) is 0.693. The van der Waals surface area contributed by atoms with Crippen LogP contribution in [0.25, 0.3) is 0 Å². The van der Waals surface area contributed by atoms with Gasteiger partial charge in [-0.25, -0.2) is 0 Å². The monoisotopic (exact) mass is 176 g/mol. The molecule has 1 aromatic heterocycles. The summed E-state index contributed by atoms with van der Waals surface area (Å²) in [4.78, 5) is 10.4. The van der Waals surface area contributed by atoms with Gasteiger partial charge in [0, 0.05) is 24.5 Å². The SMILES string of the molecule is NCN1CCN=C1c1ccncc1. The highest BCUT2D eigenvalue weighted by Crippen LogP contribution is 2.08. The van der Waals surface area contributed by atoms with E-state index in [9.17, 15) is 0 Å². The molecule has 1 aromatic rings. The van der Waals surface area contributed by atoms with Gasteiger partial charge in [-0.1, -0.05) is 0 Å². The summed E-state index contributed by atoms with van der Waals surface area (Å²) >= 11 is 0. The van der Waals surface area contributed by atoms with E-state index >= 15 is 0 Å². The summed E-state index contributed by atoms with van der Waals surface area (Å²) in [5.41, 5.74) is 6.69. The molecule has 0 aliphatic carbocycles. The molecule has 2 rings (SSSR count). The fourth-order valence-corrected chi connectivity index (χ4v) is 1.44. The van der Waals surface area contributed by atoms with Gasteiger partial charge in [0.25, 0.3) is 0 Å². The van der Waals surface area contributed by atoms with Crippen LogP contribution in [-0.4, -0.2) is 35.5 Å². The van der Waals surface area contributed by atoms with Gasteiger partial charge in [0.2, 0.25) is 0 Å². The molecule has 0 spiro atoms. The maximum atomic E-state index is 5.59. The zero-order valence-electron chi connectivity index (χ0n) is 7.35. The predicted molar refractivity (Wildman–Crippen MR) is 51.4 cm³/mol. The van der Waals surface area contributed by atoms with Crippen LogP contribution in [0.2, 0.25) is 0 Å². The van der Waals surface area contributed by atoms with Gasteiger partial charge in [-0.05, 0) is 12.1 Å². The lowest BCUT2D eigenvalue weighted by Gasteiger charge is -2.17. The Hall–Kier alpha value is -1.42. The van der Waals surface area contributed by atoms with Crippen molar-refractivity contribution in [2.24, 2.45) is 10.7 Å². The minimum atomic E-state index is 0.529. The topological polar surface area (TPSA) is 54.5 Å². The molecule has 2 N–H and O–H groups in total. The summed E-state index contributed by atoms with van der Waals surface area (Å²) in [5, 5.41) is 0. The molecule has 1 aliphatic rings. The zero-order valence-corrected chi connectivity index (χ0v) is 7.35. The van der Waals surface area contributed by atoms with Crippen LogP contribution in [0.15, 0.2) is 29.5 Å². The molecule has 0 radical (unpaired) electrons. The molecular formula is C9H12N4. The molecule has 0 bridgehead atoms. The Morgan fingerprint density at radius 2 is 2.15 bits per heavy atom. The Bertz CT molecular complexity index is 307. The van der Waals surface area contributed by atoms with E-state index in [2.05, 4.69) is 14.9 Å². The normalized spacial score (nSPS) is 16.1. The van der Waals surface area contributed by atoms with E-state index in [0.29, 0.717) is 6.67 Å². The summed E-state index contributed by atoms with van der Waals surface area (Å²) in [7, 11) is 0. The summed E-state index contributed by atoms with van der Waals surface area (Å²) < 4.78 is 0. The first-order valence-corrected chi connectivity index (χ1v) is 4.31. The van der Waals surface area contributed by atoms with Crippen molar-refractivity contribution in [3.8, 4) is 0 Å². The van der Waals surface area contributed by atoms with Gasteiger partial charge in [0.05, 0.1) is 13.2 Å². The average molecular weight is 176 g/mol. The Labute approximate surface area is 77.1 Å². The van der Waals surface area contributed by atoms with Crippen LogP contribution < -0.4 is 5.73 Å². The molecule has 68 valence electrons. The number of hydrogen-bond acceptors (Lipinski definition) is 4. The highest BCUT2D eigenvalue weighted by molar-refractivity contribution is 5.99. The van der Waals surface area contributed by atoms with E-state index in [4.69, 9.17) is 5.73 Å². The molecular weight excluding hydrogens is 164 g/mol. The number of amidine groups is 1. The molecule has 0 fully saturated rings. The molecule has 13 heavy (non-hydrogen) atoms. The van der Waals surface area contributed by atoms with E-state index in [1.165, 1.54) is 0 Å². The second kappa shape index (κ2) is 3.53. The van der Waals surface area contributed by atoms with Crippen molar-refractivity contribution in [2.45, 2.75) is 0 Å². The first-order valence-electron chi connectivity index (χ1n) is 4.31. The lowest BCUT2D eigenvalue weighted by atomic mass is 10.2. The van der Waals surface area contributed by atoms with Gasteiger partial charge in [0.1, 0.15) is 5.84 Å². The molecule has 0 unspecified atom stereocenters. The van der Waals surface area contributed by atoms with Crippen LogP contribution >= 0.6 is 0 Å². The van der Waals surface area contributed by atoms with E-state index in [0.717, 1.165) is 24.5 Å². The largest absolute Gasteiger partial charge is 0.342 e. The highest BCUT2D eigenvalue weighted by atomic mass is 15.3. The maximum Gasteiger partial charge on any atom is 0.132 e. The highest BCUT2D eigenvalue weighted by Gasteiger charge is 2.16. The molecule has 0 aromatic carbocycles. The molecule has 0 amide bonds. The van der Waals surface area contributed by atoms with E-state index in [-0.39, 0.29) is 0 Å². The van der Waals surface area contributed by atoms with Gasteiger partial charge < -0.3 is 10.6 Å². The van der Waals surface area contributed by atoms with Crippen molar-refractivity contribution >= 4 is 5.84 Å². The van der Waals surface area contributed by atoms with E-state index in [1.807, 2.05) is 12.1 Å². The lowest BCUT2D eigenvalue weighted by molar-refractivity contribution is 0.472. The first-order chi connectivity index (χ1) is 6.42.